The van der Waals surface area contributed by atoms with Crippen LogP contribution < -0.4 is 0 Å². The van der Waals surface area contributed by atoms with Crippen LogP contribution in [0.15, 0.2) is 28.8 Å². The second-order valence-corrected chi connectivity index (χ2v) is 5.67. The predicted molar refractivity (Wildman–Crippen MR) is 79.1 cm³/mol. The lowest BCUT2D eigenvalue weighted by molar-refractivity contribution is 0.192. The van der Waals surface area contributed by atoms with E-state index >= 15 is 0 Å². The summed E-state index contributed by atoms with van der Waals surface area (Å²) < 4.78 is 12.9. The first kappa shape index (κ1) is 12.6. The van der Waals surface area contributed by atoms with E-state index < -0.39 is 0 Å². The summed E-state index contributed by atoms with van der Waals surface area (Å²) in [5, 5.41) is 5.32. The summed E-state index contributed by atoms with van der Waals surface area (Å²) in [7, 11) is 2.02. The highest BCUT2D eigenvalue weighted by Gasteiger charge is 2.24. The minimum atomic E-state index is 0.263. The topological polar surface area (TPSA) is 53.1 Å². The standard InChI is InChI=1S/C16H17N3O2/c1-10-3-4-13-12(7-10)8-14(19(13)2)16-17-15(18-21-16)11-5-6-20-9-11/h3-4,7-8,11H,5-6,9H2,1-2H3. The van der Waals surface area contributed by atoms with Crippen LogP contribution >= 0.6 is 0 Å². The van der Waals surface area contributed by atoms with E-state index in [0.717, 1.165) is 24.5 Å². The summed E-state index contributed by atoms with van der Waals surface area (Å²) in [6, 6.07) is 8.50. The number of hydrogen-bond acceptors (Lipinski definition) is 4. The molecule has 3 aromatic rings. The van der Waals surface area contributed by atoms with Crippen molar-refractivity contribution in [3.8, 4) is 11.6 Å². The summed E-state index contributed by atoms with van der Waals surface area (Å²) in [6.07, 6.45) is 0.966. The lowest BCUT2D eigenvalue weighted by Crippen LogP contribution is -2.00. The van der Waals surface area contributed by atoms with Crippen molar-refractivity contribution in [1.82, 2.24) is 14.7 Å². The third-order valence-corrected chi connectivity index (χ3v) is 4.15. The molecule has 5 nitrogen and oxygen atoms in total. The Kier molecular flexibility index (Phi) is 2.82. The normalized spacial score (nSPS) is 18.7. The third kappa shape index (κ3) is 2.05. The molecule has 0 bridgehead atoms. The van der Waals surface area contributed by atoms with Crippen LogP contribution in [0.4, 0.5) is 0 Å². The lowest BCUT2D eigenvalue weighted by atomic mass is 10.1. The number of aryl methyl sites for hydroxylation is 2. The van der Waals surface area contributed by atoms with Gasteiger partial charge in [-0.3, -0.25) is 0 Å². The molecule has 1 aliphatic rings. The monoisotopic (exact) mass is 283 g/mol. The molecule has 1 unspecified atom stereocenters. The predicted octanol–water partition coefficient (Wildman–Crippen LogP) is 3.04. The Morgan fingerprint density at radius 3 is 3.00 bits per heavy atom. The molecular weight excluding hydrogens is 266 g/mol. The van der Waals surface area contributed by atoms with Gasteiger partial charge in [0.05, 0.1) is 6.61 Å². The molecule has 0 amide bonds. The maximum atomic E-state index is 5.47. The Balaban J connectivity index is 1.77. The SMILES string of the molecule is Cc1ccc2c(c1)cc(-c1nc(C3CCOC3)no1)n2C. The minimum Gasteiger partial charge on any atom is -0.381 e. The van der Waals surface area contributed by atoms with Crippen molar-refractivity contribution in [3.05, 3.63) is 35.7 Å². The highest BCUT2D eigenvalue weighted by Crippen LogP contribution is 2.29. The average Bonchev–Trinajstić information content (AvgIpc) is 3.17. The smallest absolute Gasteiger partial charge is 0.274 e. The molecule has 0 saturated carbocycles. The van der Waals surface area contributed by atoms with Gasteiger partial charge >= 0.3 is 0 Å². The van der Waals surface area contributed by atoms with Crippen LogP contribution in [0.3, 0.4) is 0 Å². The number of benzene rings is 1. The first-order valence-corrected chi connectivity index (χ1v) is 7.20. The Bertz CT molecular complexity index is 797. The van der Waals surface area contributed by atoms with E-state index in [2.05, 4.69) is 45.9 Å². The van der Waals surface area contributed by atoms with E-state index in [-0.39, 0.29) is 5.92 Å². The van der Waals surface area contributed by atoms with Gasteiger partial charge in [0.1, 0.15) is 5.69 Å². The van der Waals surface area contributed by atoms with Gasteiger partial charge in [0.2, 0.25) is 0 Å². The lowest BCUT2D eigenvalue weighted by Gasteiger charge is -2.00. The van der Waals surface area contributed by atoms with Crippen molar-refractivity contribution >= 4 is 10.9 Å². The van der Waals surface area contributed by atoms with E-state index in [0.29, 0.717) is 12.5 Å². The van der Waals surface area contributed by atoms with Crippen LogP contribution in [0.25, 0.3) is 22.5 Å². The fourth-order valence-electron chi connectivity index (χ4n) is 2.92. The van der Waals surface area contributed by atoms with Gasteiger partial charge in [0.15, 0.2) is 5.82 Å². The van der Waals surface area contributed by atoms with Gasteiger partial charge in [-0.15, -0.1) is 0 Å². The maximum Gasteiger partial charge on any atom is 0.274 e. The number of nitrogens with zero attached hydrogens (tertiary/aromatic N) is 3. The van der Waals surface area contributed by atoms with Crippen LogP contribution in [0.5, 0.6) is 0 Å². The van der Waals surface area contributed by atoms with Gasteiger partial charge in [-0.2, -0.15) is 4.98 Å². The van der Waals surface area contributed by atoms with Crippen molar-refractivity contribution in [2.75, 3.05) is 13.2 Å². The van der Waals surface area contributed by atoms with Crippen LogP contribution in [0, 0.1) is 6.92 Å². The van der Waals surface area contributed by atoms with E-state index in [1.807, 2.05) is 7.05 Å². The molecule has 1 saturated heterocycles. The molecule has 0 N–H and O–H groups in total. The zero-order valence-electron chi connectivity index (χ0n) is 12.2. The van der Waals surface area contributed by atoms with Gasteiger partial charge < -0.3 is 13.8 Å². The quantitative estimate of drug-likeness (QED) is 0.725. The molecule has 0 radical (unpaired) electrons. The molecule has 3 heterocycles. The van der Waals surface area contributed by atoms with Crippen molar-refractivity contribution in [3.63, 3.8) is 0 Å². The second kappa shape index (κ2) is 4.70. The maximum absolute atomic E-state index is 5.47. The van der Waals surface area contributed by atoms with Gasteiger partial charge in [0.25, 0.3) is 5.89 Å². The van der Waals surface area contributed by atoms with Gasteiger partial charge in [0, 0.05) is 30.5 Å². The fraction of sp³-hybridized carbons (Fsp3) is 0.375. The van der Waals surface area contributed by atoms with Crippen molar-refractivity contribution in [2.45, 2.75) is 19.3 Å². The molecule has 108 valence electrons. The number of fused-ring (bicyclic) bond motifs is 1. The van der Waals surface area contributed by atoms with Gasteiger partial charge in [-0.05, 0) is 31.5 Å². The Morgan fingerprint density at radius 2 is 2.19 bits per heavy atom. The van der Waals surface area contributed by atoms with Crippen molar-refractivity contribution < 1.29 is 9.26 Å². The first-order chi connectivity index (χ1) is 10.2. The molecule has 1 fully saturated rings. The molecule has 21 heavy (non-hydrogen) atoms. The highest BCUT2D eigenvalue weighted by molar-refractivity contribution is 5.86. The molecule has 1 atom stereocenters. The van der Waals surface area contributed by atoms with Crippen molar-refractivity contribution in [1.29, 1.82) is 0 Å². The Labute approximate surface area is 122 Å². The molecule has 1 aliphatic heterocycles. The van der Waals surface area contributed by atoms with Crippen LogP contribution in [0.2, 0.25) is 0 Å². The molecule has 2 aromatic heterocycles. The summed E-state index contributed by atoms with van der Waals surface area (Å²) in [4.78, 5) is 4.56. The Hall–Kier alpha value is -2.14. The van der Waals surface area contributed by atoms with Crippen molar-refractivity contribution in [2.24, 2.45) is 7.05 Å². The second-order valence-electron chi connectivity index (χ2n) is 5.67. The zero-order chi connectivity index (χ0) is 14.4. The number of aromatic nitrogens is 3. The largest absolute Gasteiger partial charge is 0.381 e. The van der Waals surface area contributed by atoms with Crippen LogP contribution in [-0.4, -0.2) is 27.9 Å². The van der Waals surface area contributed by atoms with E-state index in [4.69, 9.17) is 9.26 Å². The number of hydrogen-bond donors (Lipinski definition) is 0. The van der Waals surface area contributed by atoms with E-state index in [9.17, 15) is 0 Å². The average molecular weight is 283 g/mol. The number of ether oxygens (including phenoxy) is 1. The van der Waals surface area contributed by atoms with E-state index in [1.54, 1.807) is 0 Å². The summed E-state index contributed by atoms with van der Waals surface area (Å²) in [5.74, 6) is 1.59. The molecule has 0 spiro atoms. The molecule has 4 rings (SSSR count). The summed E-state index contributed by atoms with van der Waals surface area (Å²) >= 11 is 0. The van der Waals surface area contributed by atoms with E-state index in [1.165, 1.54) is 16.5 Å². The Morgan fingerprint density at radius 1 is 1.29 bits per heavy atom. The van der Waals surface area contributed by atoms with Gasteiger partial charge in [-0.1, -0.05) is 16.8 Å². The highest BCUT2D eigenvalue weighted by atomic mass is 16.5. The fourth-order valence-corrected chi connectivity index (χ4v) is 2.92. The first-order valence-electron chi connectivity index (χ1n) is 7.20. The number of rotatable bonds is 2. The minimum absolute atomic E-state index is 0.263. The van der Waals surface area contributed by atoms with Crippen LogP contribution in [-0.2, 0) is 11.8 Å². The summed E-state index contributed by atoms with van der Waals surface area (Å²) in [5.41, 5.74) is 3.36. The third-order valence-electron chi connectivity index (χ3n) is 4.15. The molecule has 0 aliphatic carbocycles. The zero-order valence-corrected chi connectivity index (χ0v) is 12.2. The van der Waals surface area contributed by atoms with Crippen LogP contribution in [0.1, 0.15) is 23.7 Å². The molecule has 1 aromatic carbocycles. The summed E-state index contributed by atoms with van der Waals surface area (Å²) in [6.45, 7) is 3.56. The molecular formula is C16H17N3O2. The molecule has 5 heteroatoms. The van der Waals surface area contributed by atoms with Gasteiger partial charge in [-0.25, -0.2) is 0 Å².